The third kappa shape index (κ3) is 3.56. The topological polar surface area (TPSA) is 98.3 Å². The van der Waals surface area contributed by atoms with Gasteiger partial charge in [0.2, 0.25) is 0 Å². The van der Waals surface area contributed by atoms with E-state index in [0.717, 1.165) is 0 Å². The maximum atomic E-state index is 12.8. The van der Waals surface area contributed by atoms with E-state index in [1.165, 1.54) is 0 Å². The fourth-order valence-corrected chi connectivity index (χ4v) is 1.97. The van der Waals surface area contributed by atoms with Crippen molar-refractivity contribution in [1.82, 2.24) is 0 Å². The highest BCUT2D eigenvalue weighted by molar-refractivity contribution is 6.34. The summed E-state index contributed by atoms with van der Waals surface area (Å²) in [5.41, 5.74) is -4.48. The van der Waals surface area contributed by atoms with E-state index in [-0.39, 0.29) is 6.07 Å². The second-order valence-corrected chi connectivity index (χ2v) is 4.82. The number of nitrogens with zero attached hydrogens (tertiary/aromatic N) is 2. The van der Waals surface area contributed by atoms with Crippen molar-refractivity contribution in [2.24, 2.45) is 0 Å². The van der Waals surface area contributed by atoms with Gasteiger partial charge >= 0.3 is 11.9 Å². The highest BCUT2D eigenvalue weighted by atomic mass is 35.5. The highest BCUT2D eigenvalue weighted by Crippen LogP contribution is 2.47. The maximum absolute atomic E-state index is 12.8. The van der Waals surface area contributed by atoms with Gasteiger partial charge in [0, 0.05) is 12.1 Å². The van der Waals surface area contributed by atoms with Gasteiger partial charge in [0.05, 0.1) is 15.4 Å². The summed E-state index contributed by atoms with van der Waals surface area (Å²) in [5, 5.41) is 23.3. The number of alkyl halides is 3. The summed E-state index contributed by atoms with van der Waals surface area (Å²) < 4.78 is 38.5. The molecule has 0 amide bonds. The summed E-state index contributed by atoms with van der Waals surface area (Å²) in [7, 11) is 0. The van der Waals surface area contributed by atoms with Crippen LogP contribution >= 0.6 is 11.6 Å². The van der Waals surface area contributed by atoms with E-state index in [1.807, 2.05) is 0 Å². The van der Waals surface area contributed by atoms with Crippen LogP contribution in [0, 0.1) is 20.2 Å². The molecular weight excluding hydrogens is 331 g/mol. The fraction of sp³-hybridized carbons (Fsp3) is 0.455. The van der Waals surface area contributed by atoms with Gasteiger partial charge < -0.3 is 5.32 Å². The first kappa shape index (κ1) is 18.0. The standard InChI is InChI=1S/C11H11ClF3N3O4/c1-3-5(2)16-9-7(17(19)20)4-6(11(13,14)15)8(12)10(9)18(21)22/h4-5,16H,3H2,1-2H3. The molecule has 7 nitrogen and oxygen atoms in total. The van der Waals surface area contributed by atoms with Crippen molar-refractivity contribution >= 4 is 28.7 Å². The Bertz CT molecular complexity index is 622. The number of rotatable bonds is 5. The number of nitro groups is 2. The smallest absolute Gasteiger partial charge is 0.371 e. The van der Waals surface area contributed by atoms with Crippen LogP contribution in [0.1, 0.15) is 25.8 Å². The van der Waals surface area contributed by atoms with Gasteiger partial charge in [-0.1, -0.05) is 18.5 Å². The zero-order chi connectivity index (χ0) is 17.2. The Balaban J connectivity index is 3.77. The van der Waals surface area contributed by atoms with Crippen LogP contribution in [0.15, 0.2) is 6.07 Å². The van der Waals surface area contributed by atoms with Crippen molar-refractivity contribution in [3.63, 3.8) is 0 Å². The third-order valence-corrected chi connectivity index (χ3v) is 3.29. The molecule has 1 unspecified atom stereocenters. The van der Waals surface area contributed by atoms with Gasteiger partial charge in [0.25, 0.3) is 5.69 Å². The van der Waals surface area contributed by atoms with E-state index in [4.69, 9.17) is 11.6 Å². The van der Waals surface area contributed by atoms with E-state index < -0.39 is 49.7 Å². The van der Waals surface area contributed by atoms with Crippen LogP contribution in [0.2, 0.25) is 5.02 Å². The Morgan fingerprint density at radius 3 is 2.23 bits per heavy atom. The normalized spacial score (nSPS) is 12.8. The van der Waals surface area contributed by atoms with E-state index in [2.05, 4.69) is 5.32 Å². The number of hydrogen-bond donors (Lipinski definition) is 1. The Morgan fingerprint density at radius 1 is 1.32 bits per heavy atom. The molecule has 1 atom stereocenters. The van der Waals surface area contributed by atoms with Crippen LogP contribution < -0.4 is 5.32 Å². The molecule has 11 heteroatoms. The summed E-state index contributed by atoms with van der Waals surface area (Å²) in [4.78, 5) is 19.8. The average Bonchev–Trinajstić information content (AvgIpc) is 2.36. The lowest BCUT2D eigenvalue weighted by molar-refractivity contribution is -0.392. The first-order valence-electron chi connectivity index (χ1n) is 5.99. The molecule has 0 aliphatic heterocycles. The molecule has 0 aromatic heterocycles. The number of hydrogen-bond acceptors (Lipinski definition) is 5. The zero-order valence-electron chi connectivity index (χ0n) is 11.4. The lowest BCUT2D eigenvalue weighted by atomic mass is 10.1. The van der Waals surface area contributed by atoms with Crippen LogP contribution in [0.25, 0.3) is 0 Å². The van der Waals surface area contributed by atoms with Gasteiger partial charge in [-0.05, 0) is 13.3 Å². The summed E-state index contributed by atoms with van der Waals surface area (Å²) in [5.74, 6) is 0. The lowest BCUT2D eigenvalue weighted by Crippen LogP contribution is -2.17. The van der Waals surface area contributed by atoms with Gasteiger partial charge in [-0.3, -0.25) is 20.2 Å². The van der Waals surface area contributed by atoms with E-state index >= 15 is 0 Å². The number of nitrogens with one attached hydrogen (secondary N) is 1. The molecule has 0 aliphatic carbocycles. The summed E-state index contributed by atoms with van der Waals surface area (Å²) >= 11 is 5.47. The Hall–Kier alpha value is -2.10. The molecule has 0 aliphatic rings. The average molecular weight is 342 g/mol. The molecule has 0 bridgehead atoms. The van der Waals surface area contributed by atoms with Crippen molar-refractivity contribution < 1.29 is 23.0 Å². The number of halogens is 4. The fourth-order valence-electron chi connectivity index (χ4n) is 1.64. The third-order valence-electron chi connectivity index (χ3n) is 2.91. The predicted molar refractivity (Wildman–Crippen MR) is 73.1 cm³/mol. The molecule has 0 saturated carbocycles. The largest absolute Gasteiger partial charge is 0.418 e. The minimum atomic E-state index is -5.05. The molecule has 0 spiro atoms. The van der Waals surface area contributed by atoms with Gasteiger partial charge in [-0.15, -0.1) is 0 Å². The van der Waals surface area contributed by atoms with Gasteiger partial charge in [-0.2, -0.15) is 13.2 Å². The second kappa shape index (κ2) is 6.34. The van der Waals surface area contributed by atoms with Crippen molar-refractivity contribution in [1.29, 1.82) is 0 Å². The molecule has 0 fully saturated rings. The van der Waals surface area contributed by atoms with E-state index in [0.29, 0.717) is 6.42 Å². The van der Waals surface area contributed by atoms with Gasteiger partial charge in [0.15, 0.2) is 5.69 Å². The number of anilines is 1. The second-order valence-electron chi connectivity index (χ2n) is 4.45. The molecule has 0 heterocycles. The minimum Gasteiger partial charge on any atom is -0.371 e. The highest BCUT2D eigenvalue weighted by Gasteiger charge is 2.42. The molecule has 1 rings (SSSR count). The lowest BCUT2D eigenvalue weighted by Gasteiger charge is -2.16. The molecule has 22 heavy (non-hydrogen) atoms. The van der Waals surface area contributed by atoms with Crippen LogP contribution in [0.5, 0.6) is 0 Å². The molecular formula is C11H11ClF3N3O4. The van der Waals surface area contributed by atoms with Crippen molar-refractivity contribution in [3.05, 3.63) is 36.9 Å². The van der Waals surface area contributed by atoms with Crippen LogP contribution in [-0.4, -0.2) is 15.9 Å². The van der Waals surface area contributed by atoms with E-state index in [1.54, 1.807) is 13.8 Å². The van der Waals surface area contributed by atoms with E-state index in [9.17, 15) is 33.4 Å². The predicted octanol–water partition coefficient (Wildman–Crippen LogP) is 4.39. The van der Waals surface area contributed by atoms with Crippen molar-refractivity contribution in [3.8, 4) is 0 Å². The number of benzene rings is 1. The monoisotopic (exact) mass is 341 g/mol. The van der Waals surface area contributed by atoms with Crippen molar-refractivity contribution in [2.75, 3.05) is 5.32 Å². The SMILES string of the molecule is CCC(C)Nc1c([N+](=O)[O-])cc(C(F)(F)F)c(Cl)c1[N+](=O)[O-]. The first-order valence-corrected chi connectivity index (χ1v) is 6.37. The first-order chi connectivity index (χ1) is 10.0. The zero-order valence-corrected chi connectivity index (χ0v) is 12.2. The summed E-state index contributed by atoms with van der Waals surface area (Å²) in [6.45, 7) is 3.26. The van der Waals surface area contributed by atoms with Gasteiger partial charge in [0.1, 0.15) is 5.02 Å². The Labute approximate surface area is 127 Å². The van der Waals surface area contributed by atoms with Gasteiger partial charge in [-0.25, -0.2) is 0 Å². The summed E-state index contributed by atoms with van der Waals surface area (Å²) in [6, 6.07) is -0.245. The number of nitro benzene ring substituents is 2. The Kier molecular flexibility index (Phi) is 5.17. The molecule has 1 aromatic carbocycles. The van der Waals surface area contributed by atoms with Crippen LogP contribution in [0.4, 0.5) is 30.2 Å². The summed E-state index contributed by atoms with van der Waals surface area (Å²) in [6.07, 6.45) is -4.62. The van der Waals surface area contributed by atoms with Crippen LogP contribution in [-0.2, 0) is 6.18 Å². The van der Waals surface area contributed by atoms with Crippen LogP contribution in [0.3, 0.4) is 0 Å². The molecule has 0 radical (unpaired) electrons. The molecule has 1 N–H and O–H groups in total. The minimum absolute atomic E-state index is 0.194. The maximum Gasteiger partial charge on any atom is 0.418 e. The Morgan fingerprint density at radius 2 is 1.86 bits per heavy atom. The molecule has 1 aromatic rings. The molecule has 0 saturated heterocycles. The van der Waals surface area contributed by atoms with Crippen molar-refractivity contribution in [2.45, 2.75) is 32.5 Å². The quantitative estimate of drug-likeness (QED) is 0.632. The molecule has 122 valence electrons.